The van der Waals surface area contributed by atoms with Crippen molar-refractivity contribution in [2.75, 3.05) is 5.32 Å². The van der Waals surface area contributed by atoms with E-state index >= 15 is 0 Å². The van der Waals surface area contributed by atoms with Crippen LogP contribution in [0.3, 0.4) is 0 Å². The molecule has 140 valence electrons. The molecule has 0 radical (unpaired) electrons. The number of benzene rings is 1. The molecule has 3 amide bonds. The lowest BCUT2D eigenvalue weighted by atomic mass is 9.81. The minimum Gasteiger partial charge on any atom is -0.324 e. The number of amides is 3. The molecule has 1 aliphatic carbocycles. The molecule has 27 heavy (non-hydrogen) atoms. The number of nitrogens with zero attached hydrogens (tertiary/aromatic N) is 2. The standard InChI is InChI=1S/C21H23N3O3/c1-12-9-10-17(16-8-5-11-22-18(12)16)23-19(25)13(2)24-20(26)14-6-3-4-7-15(14)21(24)27/h5,8-11,13-15H,3-4,6-7H2,1-2H3,(H,23,25)/t13-,14-,15+/m0/s1. The predicted molar refractivity (Wildman–Crippen MR) is 102 cm³/mol. The number of aromatic nitrogens is 1. The number of likely N-dealkylation sites (tertiary alicyclic amines) is 1. The van der Waals surface area contributed by atoms with Gasteiger partial charge in [-0.1, -0.05) is 18.9 Å². The highest BCUT2D eigenvalue weighted by molar-refractivity contribution is 6.11. The van der Waals surface area contributed by atoms with Crippen LogP contribution in [0.15, 0.2) is 30.5 Å². The molecule has 1 N–H and O–H groups in total. The van der Waals surface area contributed by atoms with Gasteiger partial charge >= 0.3 is 0 Å². The summed E-state index contributed by atoms with van der Waals surface area (Å²) in [7, 11) is 0. The Labute approximate surface area is 157 Å². The zero-order chi connectivity index (χ0) is 19.1. The van der Waals surface area contributed by atoms with Gasteiger partial charge in [-0.3, -0.25) is 24.3 Å². The van der Waals surface area contributed by atoms with E-state index < -0.39 is 6.04 Å². The minimum atomic E-state index is -0.830. The number of pyridine rings is 1. The van der Waals surface area contributed by atoms with E-state index in [-0.39, 0.29) is 29.6 Å². The van der Waals surface area contributed by atoms with E-state index in [9.17, 15) is 14.4 Å². The van der Waals surface area contributed by atoms with E-state index in [2.05, 4.69) is 10.3 Å². The van der Waals surface area contributed by atoms with Crippen LogP contribution in [0.1, 0.15) is 38.2 Å². The fraction of sp³-hybridized carbons (Fsp3) is 0.429. The van der Waals surface area contributed by atoms with Crippen molar-refractivity contribution in [3.63, 3.8) is 0 Å². The van der Waals surface area contributed by atoms with Crippen LogP contribution in [0.25, 0.3) is 10.9 Å². The Kier molecular flexibility index (Phi) is 4.42. The SMILES string of the molecule is Cc1ccc(NC(=O)[C@H](C)N2C(=O)[C@H]3CCCC[C@H]3C2=O)c2cccnc12. The lowest BCUT2D eigenvalue weighted by molar-refractivity contribution is -0.146. The Morgan fingerprint density at radius 1 is 1.15 bits per heavy atom. The molecule has 2 heterocycles. The fourth-order valence-corrected chi connectivity index (χ4v) is 4.35. The summed E-state index contributed by atoms with van der Waals surface area (Å²) in [5, 5.41) is 3.72. The molecule has 0 spiro atoms. The van der Waals surface area contributed by atoms with Gasteiger partial charge in [-0.05, 0) is 50.5 Å². The average molecular weight is 365 g/mol. The van der Waals surface area contributed by atoms with Crippen LogP contribution >= 0.6 is 0 Å². The quantitative estimate of drug-likeness (QED) is 0.848. The summed E-state index contributed by atoms with van der Waals surface area (Å²) < 4.78 is 0. The Morgan fingerprint density at radius 3 is 2.48 bits per heavy atom. The average Bonchev–Trinajstić information content (AvgIpc) is 2.94. The molecule has 3 atom stereocenters. The molecule has 2 fully saturated rings. The molecule has 1 saturated heterocycles. The molecule has 4 rings (SSSR count). The van der Waals surface area contributed by atoms with Crippen molar-refractivity contribution < 1.29 is 14.4 Å². The monoisotopic (exact) mass is 365 g/mol. The van der Waals surface area contributed by atoms with Crippen molar-refractivity contribution >= 4 is 34.3 Å². The van der Waals surface area contributed by atoms with E-state index in [0.717, 1.165) is 42.1 Å². The van der Waals surface area contributed by atoms with Gasteiger partial charge < -0.3 is 5.32 Å². The first kappa shape index (κ1) is 17.6. The molecule has 1 aromatic heterocycles. The normalized spacial score (nSPS) is 23.4. The van der Waals surface area contributed by atoms with Crippen LogP contribution in [-0.4, -0.2) is 33.6 Å². The number of rotatable bonds is 3. The number of hydrogen-bond donors (Lipinski definition) is 1. The van der Waals surface area contributed by atoms with Crippen LogP contribution in [0.2, 0.25) is 0 Å². The maximum absolute atomic E-state index is 12.8. The molecule has 1 saturated carbocycles. The second-order valence-electron chi connectivity index (χ2n) is 7.54. The summed E-state index contributed by atoms with van der Waals surface area (Å²) >= 11 is 0. The van der Waals surface area contributed by atoms with Crippen LogP contribution in [0.5, 0.6) is 0 Å². The number of fused-ring (bicyclic) bond motifs is 2. The molecule has 2 aromatic rings. The zero-order valence-corrected chi connectivity index (χ0v) is 15.6. The topological polar surface area (TPSA) is 79.4 Å². The second kappa shape index (κ2) is 6.76. The first-order chi connectivity index (χ1) is 13.0. The van der Waals surface area contributed by atoms with Gasteiger partial charge in [0, 0.05) is 11.6 Å². The molecule has 6 nitrogen and oxygen atoms in total. The number of carbonyl (C=O) groups excluding carboxylic acids is 3. The maximum Gasteiger partial charge on any atom is 0.247 e. The second-order valence-corrected chi connectivity index (χ2v) is 7.54. The van der Waals surface area contributed by atoms with Crippen molar-refractivity contribution in [3.8, 4) is 0 Å². The highest BCUT2D eigenvalue weighted by Crippen LogP contribution is 2.39. The molecule has 0 bridgehead atoms. The summed E-state index contributed by atoms with van der Waals surface area (Å²) in [5.41, 5.74) is 2.48. The van der Waals surface area contributed by atoms with Gasteiger partial charge in [0.15, 0.2) is 0 Å². The molecule has 1 aliphatic heterocycles. The van der Waals surface area contributed by atoms with Crippen molar-refractivity contribution in [2.45, 2.75) is 45.6 Å². The Balaban J connectivity index is 1.58. The molecular weight excluding hydrogens is 342 g/mol. The third kappa shape index (κ3) is 2.89. The first-order valence-corrected chi connectivity index (χ1v) is 9.51. The van der Waals surface area contributed by atoms with Gasteiger partial charge in [-0.15, -0.1) is 0 Å². The van der Waals surface area contributed by atoms with E-state index in [1.807, 2.05) is 31.2 Å². The van der Waals surface area contributed by atoms with Gasteiger partial charge in [0.05, 0.1) is 23.0 Å². The summed E-state index contributed by atoms with van der Waals surface area (Å²) in [6.07, 6.45) is 5.14. The van der Waals surface area contributed by atoms with Gasteiger partial charge in [-0.2, -0.15) is 0 Å². The molecule has 6 heteroatoms. The third-order valence-electron chi connectivity index (χ3n) is 5.87. The van der Waals surface area contributed by atoms with Crippen LogP contribution in [0.4, 0.5) is 5.69 Å². The minimum absolute atomic E-state index is 0.192. The lowest BCUT2D eigenvalue weighted by Gasteiger charge is -2.22. The highest BCUT2D eigenvalue weighted by atomic mass is 16.2. The lowest BCUT2D eigenvalue weighted by Crippen LogP contribution is -2.46. The number of imide groups is 1. The van der Waals surface area contributed by atoms with Gasteiger partial charge in [0.1, 0.15) is 6.04 Å². The van der Waals surface area contributed by atoms with E-state index in [0.29, 0.717) is 5.69 Å². The van der Waals surface area contributed by atoms with Crippen LogP contribution in [0, 0.1) is 18.8 Å². The number of aryl methyl sites for hydroxylation is 1. The molecule has 0 unspecified atom stereocenters. The number of hydrogen-bond acceptors (Lipinski definition) is 4. The van der Waals surface area contributed by atoms with E-state index in [1.165, 1.54) is 4.90 Å². The van der Waals surface area contributed by atoms with Crippen LogP contribution in [-0.2, 0) is 14.4 Å². The molecular formula is C21H23N3O3. The van der Waals surface area contributed by atoms with E-state index in [4.69, 9.17) is 0 Å². The van der Waals surface area contributed by atoms with Crippen LogP contribution < -0.4 is 5.32 Å². The van der Waals surface area contributed by atoms with Crippen molar-refractivity contribution in [1.82, 2.24) is 9.88 Å². The molecule has 2 aliphatic rings. The summed E-state index contributed by atoms with van der Waals surface area (Å²) in [6, 6.07) is 6.62. The first-order valence-electron chi connectivity index (χ1n) is 9.51. The van der Waals surface area contributed by atoms with Crippen molar-refractivity contribution in [1.29, 1.82) is 0 Å². The van der Waals surface area contributed by atoms with Gasteiger partial charge in [0.2, 0.25) is 17.7 Å². The van der Waals surface area contributed by atoms with Gasteiger partial charge in [-0.25, -0.2) is 0 Å². The fourth-order valence-electron chi connectivity index (χ4n) is 4.35. The molecule has 1 aromatic carbocycles. The predicted octanol–water partition coefficient (Wildman–Crippen LogP) is 3.05. The Morgan fingerprint density at radius 2 is 1.81 bits per heavy atom. The Hall–Kier alpha value is -2.76. The number of anilines is 1. The van der Waals surface area contributed by atoms with Crippen molar-refractivity contribution in [3.05, 3.63) is 36.0 Å². The van der Waals surface area contributed by atoms with Crippen molar-refractivity contribution in [2.24, 2.45) is 11.8 Å². The van der Waals surface area contributed by atoms with E-state index in [1.54, 1.807) is 13.1 Å². The summed E-state index contributed by atoms with van der Waals surface area (Å²) in [6.45, 7) is 3.59. The maximum atomic E-state index is 12.8. The number of nitrogens with one attached hydrogen (secondary N) is 1. The zero-order valence-electron chi connectivity index (χ0n) is 15.6. The largest absolute Gasteiger partial charge is 0.324 e. The Bertz CT molecular complexity index is 915. The smallest absolute Gasteiger partial charge is 0.247 e. The summed E-state index contributed by atoms with van der Waals surface area (Å²) in [4.78, 5) is 43.8. The highest BCUT2D eigenvalue weighted by Gasteiger charge is 2.50. The van der Waals surface area contributed by atoms with Gasteiger partial charge in [0.25, 0.3) is 0 Å². The third-order valence-corrected chi connectivity index (χ3v) is 5.87. The number of carbonyl (C=O) groups is 3. The summed E-state index contributed by atoms with van der Waals surface area (Å²) in [5.74, 6) is -1.23.